The van der Waals surface area contributed by atoms with Crippen LogP contribution in [0, 0.1) is 0 Å². The van der Waals surface area contributed by atoms with Crippen LogP contribution in [-0.4, -0.2) is 18.0 Å². The molecule has 3 heteroatoms. The number of carbonyl (C=O) groups is 1. The summed E-state index contributed by atoms with van der Waals surface area (Å²) >= 11 is 0. The number of amides is 1. The Hall–Kier alpha value is -1.51. The Bertz CT molecular complexity index is 373. The van der Waals surface area contributed by atoms with Crippen molar-refractivity contribution < 1.29 is 4.79 Å². The Morgan fingerprint density at radius 3 is 2.87 bits per heavy atom. The fourth-order valence-electron chi connectivity index (χ4n) is 1.99. The lowest BCUT2D eigenvalue weighted by Gasteiger charge is -2.10. The zero-order valence-electron chi connectivity index (χ0n) is 8.49. The third kappa shape index (κ3) is 1.69. The molecule has 1 aliphatic heterocycles. The van der Waals surface area contributed by atoms with Gasteiger partial charge in [0.25, 0.3) is 0 Å². The first kappa shape index (κ1) is 8.77. The van der Waals surface area contributed by atoms with Gasteiger partial charge in [-0.25, -0.2) is 0 Å². The van der Waals surface area contributed by atoms with Crippen LogP contribution in [0.15, 0.2) is 24.3 Å². The van der Waals surface area contributed by atoms with E-state index >= 15 is 0 Å². The van der Waals surface area contributed by atoms with Gasteiger partial charge in [-0.15, -0.1) is 0 Å². The summed E-state index contributed by atoms with van der Waals surface area (Å²) < 4.78 is 0. The third-order valence-corrected chi connectivity index (χ3v) is 3.01. The molecule has 1 aromatic carbocycles. The molecule has 1 aliphatic carbocycles. The van der Waals surface area contributed by atoms with E-state index in [0.29, 0.717) is 6.04 Å². The SMILES string of the molecule is O=C(NC1CC1)C1Cc2ccccc2N1. The molecule has 0 saturated heterocycles. The van der Waals surface area contributed by atoms with Gasteiger partial charge in [0, 0.05) is 18.2 Å². The number of nitrogens with one attached hydrogen (secondary N) is 2. The van der Waals surface area contributed by atoms with Gasteiger partial charge >= 0.3 is 0 Å². The number of rotatable bonds is 2. The molecule has 1 fully saturated rings. The van der Waals surface area contributed by atoms with Gasteiger partial charge in [-0.05, 0) is 24.5 Å². The molecular weight excluding hydrogens is 188 g/mol. The second-order valence-corrected chi connectivity index (χ2v) is 4.34. The topological polar surface area (TPSA) is 41.1 Å². The van der Waals surface area contributed by atoms with Gasteiger partial charge in [0.05, 0.1) is 0 Å². The zero-order chi connectivity index (χ0) is 10.3. The third-order valence-electron chi connectivity index (χ3n) is 3.01. The van der Waals surface area contributed by atoms with E-state index in [9.17, 15) is 4.79 Å². The Balaban J connectivity index is 1.69. The molecule has 15 heavy (non-hydrogen) atoms. The monoisotopic (exact) mass is 202 g/mol. The van der Waals surface area contributed by atoms with Gasteiger partial charge in [0.15, 0.2) is 0 Å². The molecule has 3 rings (SSSR count). The predicted molar refractivity (Wildman–Crippen MR) is 58.7 cm³/mol. The fourth-order valence-corrected chi connectivity index (χ4v) is 1.99. The van der Waals surface area contributed by atoms with Crippen molar-refractivity contribution in [2.24, 2.45) is 0 Å². The molecular formula is C12H14N2O. The summed E-state index contributed by atoms with van der Waals surface area (Å²) in [4.78, 5) is 11.8. The molecule has 1 amide bonds. The first-order chi connectivity index (χ1) is 7.33. The van der Waals surface area contributed by atoms with E-state index in [1.807, 2.05) is 18.2 Å². The van der Waals surface area contributed by atoms with Crippen LogP contribution in [0.4, 0.5) is 5.69 Å². The van der Waals surface area contributed by atoms with Gasteiger partial charge in [-0.3, -0.25) is 4.79 Å². The number of benzene rings is 1. The van der Waals surface area contributed by atoms with E-state index in [1.54, 1.807) is 0 Å². The number of carbonyl (C=O) groups excluding carboxylic acids is 1. The second-order valence-electron chi connectivity index (χ2n) is 4.34. The fraction of sp³-hybridized carbons (Fsp3) is 0.417. The molecule has 0 radical (unpaired) electrons. The van der Waals surface area contributed by atoms with E-state index in [4.69, 9.17) is 0 Å². The molecule has 1 atom stereocenters. The first-order valence-corrected chi connectivity index (χ1v) is 5.48. The highest BCUT2D eigenvalue weighted by Crippen LogP contribution is 2.26. The highest BCUT2D eigenvalue weighted by atomic mass is 16.2. The summed E-state index contributed by atoms with van der Waals surface area (Å²) in [5.74, 6) is 0.147. The Kier molecular flexibility index (Phi) is 1.91. The van der Waals surface area contributed by atoms with Crippen LogP contribution in [0.3, 0.4) is 0 Å². The van der Waals surface area contributed by atoms with Gasteiger partial charge < -0.3 is 10.6 Å². The lowest BCUT2D eigenvalue weighted by molar-refractivity contribution is -0.121. The molecule has 1 aromatic rings. The van der Waals surface area contributed by atoms with Gasteiger partial charge in [-0.1, -0.05) is 18.2 Å². The predicted octanol–water partition coefficient (Wildman–Crippen LogP) is 1.30. The molecule has 1 heterocycles. The van der Waals surface area contributed by atoms with Crippen molar-refractivity contribution in [3.05, 3.63) is 29.8 Å². The van der Waals surface area contributed by atoms with Crippen molar-refractivity contribution in [2.45, 2.75) is 31.3 Å². The summed E-state index contributed by atoms with van der Waals surface area (Å²) in [5, 5.41) is 6.28. The normalized spacial score (nSPS) is 23.1. The average molecular weight is 202 g/mol. The zero-order valence-corrected chi connectivity index (χ0v) is 8.49. The van der Waals surface area contributed by atoms with Crippen molar-refractivity contribution >= 4 is 11.6 Å². The minimum Gasteiger partial charge on any atom is -0.373 e. The van der Waals surface area contributed by atoms with E-state index in [1.165, 1.54) is 5.56 Å². The van der Waals surface area contributed by atoms with Crippen LogP contribution in [0.5, 0.6) is 0 Å². The summed E-state index contributed by atoms with van der Waals surface area (Å²) in [5.41, 5.74) is 2.35. The van der Waals surface area contributed by atoms with Crippen LogP contribution >= 0.6 is 0 Å². The minimum atomic E-state index is -0.0667. The van der Waals surface area contributed by atoms with E-state index in [-0.39, 0.29) is 11.9 Å². The number of para-hydroxylation sites is 1. The molecule has 2 N–H and O–H groups in total. The first-order valence-electron chi connectivity index (χ1n) is 5.48. The molecule has 1 saturated carbocycles. The molecule has 0 spiro atoms. The molecule has 0 bridgehead atoms. The molecule has 3 nitrogen and oxygen atoms in total. The van der Waals surface area contributed by atoms with Crippen LogP contribution in [-0.2, 0) is 11.2 Å². The summed E-state index contributed by atoms with van der Waals surface area (Å²) in [6, 6.07) is 8.49. The number of fused-ring (bicyclic) bond motifs is 1. The average Bonchev–Trinajstić information content (AvgIpc) is 2.95. The number of anilines is 1. The van der Waals surface area contributed by atoms with Crippen molar-refractivity contribution in [2.75, 3.05) is 5.32 Å². The van der Waals surface area contributed by atoms with Gasteiger partial charge in [0.2, 0.25) is 5.91 Å². The lowest BCUT2D eigenvalue weighted by Crippen LogP contribution is -2.39. The van der Waals surface area contributed by atoms with Gasteiger partial charge in [0.1, 0.15) is 6.04 Å². The van der Waals surface area contributed by atoms with Crippen LogP contribution in [0.2, 0.25) is 0 Å². The maximum absolute atomic E-state index is 11.8. The van der Waals surface area contributed by atoms with Crippen molar-refractivity contribution in [1.82, 2.24) is 5.32 Å². The van der Waals surface area contributed by atoms with E-state index in [0.717, 1.165) is 24.9 Å². The maximum Gasteiger partial charge on any atom is 0.243 e. The van der Waals surface area contributed by atoms with Crippen molar-refractivity contribution in [3.63, 3.8) is 0 Å². The number of hydrogen-bond acceptors (Lipinski definition) is 2. The van der Waals surface area contributed by atoms with Crippen LogP contribution in [0.25, 0.3) is 0 Å². The van der Waals surface area contributed by atoms with Crippen molar-refractivity contribution in [3.8, 4) is 0 Å². The highest BCUT2D eigenvalue weighted by Gasteiger charge is 2.30. The Labute approximate surface area is 88.9 Å². The second kappa shape index (κ2) is 3.26. The maximum atomic E-state index is 11.8. The Morgan fingerprint density at radius 2 is 2.13 bits per heavy atom. The van der Waals surface area contributed by atoms with Crippen LogP contribution in [0.1, 0.15) is 18.4 Å². The largest absolute Gasteiger partial charge is 0.373 e. The molecule has 78 valence electrons. The smallest absolute Gasteiger partial charge is 0.243 e. The molecule has 2 aliphatic rings. The minimum absolute atomic E-state index is 0.0667. The number of hydrogen-bond donors (Lipinski definition) is 2. The quantitative estimate of drug-likeness (QED) is 0.759. The van der Waals surface area contributed by atoms with Gasteiger partial charge in [-0.2, -0.15) is 0 Å². The molecule has 0 aromatic heterocycles. The van der Waals surface area contributed by atoms with Crippen LogP contribution < -0.4 is 10.6 Å². The summed E-state index contributed by atoms with van der Waals surface area (Å²) in [6.07, 6.45) is 3.10. The lowest BCUT2D eigenvalue weighted by atomic mass is 10.1. The standard InChI is InChI=1S/C12H14N2O/c15-12(13-9-5-6-9)11-7-8-3-1-2-4-10(8)14-11/h1-4,9,11,14H,5-7H2,(H,13,15). The van der Waals surface area contributed by atoms with E-state index in [2.05, 4.69) is 16.7 Å². The molecule has 1 unspecified atom stereocenters. The van der Waals surface area contributed by atoms with E-state index < -0.39 is 0 Å². The Morgan fingerprint density at radius 1 is 1.33 bits per heavy atom. The highest BCUT2D eigenvalue weighted by molar-refractivity contribution is 5.87. The van der Waals surface area contributed by atoms with Crippen molar-refractivity contribution in [1.29, 1.82) is 0 Å². The summed E-state index contributed by atoms with van der Waals surface area (Å²) in [6.45, 7) is 0. The summed E-state index contributed by atoms with van der Waals surface area (Å²) in [7, 11) is 0.